The number of rotatable bonds is 4. The van der Waals surface area contributed by atoms with Gasteiger partial charge in [-0.05, 0) is 56.7 Å². The van der Waals surface area contributed by atoms with E-state index in [2.05, 4.69) is 15.4 Å². The highest BCUT2D eigenvalue weighted by molar-refractivity contribution is 6.05. The van der Waals surface area contributed by atoms with E-state index in [0.29, 0.717) is 55.5 Å². The first-order valence-corrected chi connectivity index (χ1v) is 11.2. The highest BCUT2D eigenvalue weighted by Crippen LogP contribution is 2.37. The number of halogens is 2. The highest BCUT2D eigenvalue weighted by Gasteiger charge is 2.31. The fourth-order valence-corrected chi connectivity index (χ4v) is 4.97. The molecule has 8 nitrogen and oxygen atoms in total. The van der Waals surface area contributed by atoms with Gasteiger partial charge in [-0.25, -0.2) is 18.3 Å². The lowest BCUT2D eigenvalue weighted by Crippen LogP contribution is -2.38. The molecule has 10 heteroatoms. The molecule has 1 unspecified atom stereocenters. The molecule has 33 heavy (non-hydrogen) atoms. The van der Waals surface area contributed by atoms with Gasteiger partial charge in [-0.15, -0.1) is 5.10 Å². The Kier molecular flexibility index (Phi) is 5.61. The number of nitrogens with two attached hydrogens (primary N) is 1. The Morgan fingerprint density at radius 3 is 2.73 bits per heavy atom. The number of nitrogen functional groups attached to an aromatic ring is 1. The van der Waals surface area contributed by atoms with Gasteiger partial charge in [0.2, 0.25) is 0 Å². The number of benzene rings is 1. The van der Waals surface area contributed by atoms with Crippen molar-refractivity contribution >= 4 is 23.1 Å². The molecule has 5 rings (SSSR count). The van der Waals surface area contributed by atoms with E-state index in [-0.39, 0.29) is 35.5 Å². The molecule has 2 fully saturated rings. The molecule has 2 aliphatic rings. The van der Waals surface area contributed by atoms with Crippen molar-refractivity contribution in [1.29, 1.82) is 0 Å². The van der Waals surface area contributed by atoms with Gasteiger partial charge in [0.15, 0.2) is 5.82 Å². The number of hydrogen-bond acceptors (Lipinski definition) is 6. The van der Waals surface area contributed by atoms with Crippen molar-refractivity contribution in [3.8, 4) is 0 Å². The number of amides is 1. The zero-order valence-electron chi connectivity index (χ0n) is 18.0. The molecule has 1 atom stereocenters. The van der Waals surface area contributed by atoms with E-state index in [0.717, 1.165) is 18.6 Å². The number of nitrogens with zero attached hydrogens (tertiary/aromatic N) is 4. The molecule has 4 N–H and O–H groups in total. The van der Waals surface area contributed by atoms with Gasteiger partial charge in [0, 0.05) is 24.2 Å². The van der Waals surface area contributed by atoms with Crippen LogP contribution in [0.1, 0.15) is 60.5 Å². The summed E-state index contributed by atoms with van der Waals surface area (Å²) in [6.45, 7) is 0.624. The fraction of sp³-hybridized carbons (Fsp3) is 0.435. The number of carbonyl (C=O) groups excluding carboxylic acids is 1. The predicted molar refractivity (Wildman–Crippen MR) is 119 cm³/mol. The number of carbonyl (C=O) groups is 1. The lowest BCUT2D eigenvalue weighted by Gasteiger charge is -2.27. The summed E-state index contributed by atoms with van der Waals surface area (Å²) >= 11 is 0. The summed E-state index contributed by atoms with van der Waals surface area (Å²) in [7, 11) is 0. The maximum absolute atomic E-state index is 14.5. The van der Waals surface area contributed by atoms with Gasteiger partial charge in [0.1, 0.15) is 29.3 Å². The number of fused-ring (bicyclic) bond motifs is 1. The maximum Gasteiger partial charge on any atom is 0.257 e. The summed E-state index contributed by atoms with van der Waals surface area (Å²) in [5.74, 6) is -0.630. The van der Waals surface area contributed by atoms with Crippen LogP contribution in [-0.2, 0) is 0 Å². The average molecular weight is 456 g/mol. The molecule has 0 radical (unpaired) electrons. The Labute approximate surface area is 189 Å². The topological polar surface area (TPSA) is 109 Å². The van der Waals surface area contributed by atoms with Crippen LogP contribution in [-0.4, -0.2) is 44.3 Å². The van der Waals surface area contributed by atoms with Gasteiger partial charge in [0.05, 0.1) is 17.7 Å². The molecule has 1 saturated carbocycles. The van der Waals surface area contributed by atoms with Crippen LogP contribution in [0.5, 0.6) is 0 Å². The van der Waals surface area contributed by atoms with Crippen molar-refractivity contribution in [2.75, 3.05) is 17.2 Å². The van der Waals surface area contributed by atoms with E-state index in [4.69, 9.17) is 5.73 Å². The number of aliphatic hydroxyl groups excluding tert-OH is 1. The summed E-state index contributed by atoms with van der Waals surface area (Å²) < 4.78 is 29.7. The van der Waals surface area contributed by atoms with E-state index in [1.165, 1.54) is 16.9 Å². The SMILES string of the molecule is Nc1nn2cnc(N3CCCC3c3cc(F)ccc3F)cc2c1C(=O)NC1CCC(O)CC1. The molecule has 174 valence electrons. The summed E-state index contributed by atoms with van der Waals surface area (Å²) in [6.07, 6.45) is 5.33. The zero-order valence-corrected chi connectivity index (χ0v) is 18.0. The maximum atomic E-state index is 14.5. The Morgan fingerprint density at radius 2 is 1.94 bits per heavy atom. The minimum Gasteiger partial charge on any atom is -0.393 e. The smallest absolute Gasteiger partial charge is 0.257 e. The largest absolute Gasteiger partial charge is 0.393 e. The first-order valence-electron chi connectivity index (χ1n) is 11.2. The third-order valence-electron chi connectivity index (χ3n) is 6.66. The van der Waals surface area contributed by atoms with Gasteiger partial charge in [-0.1, -0.05) is 0 Å². The number of aromatic nitrogens is 3. The molecule has 3 heterocycles. The van der Waals surface area contributed by atoms with Crippen LogP contribution < -0.4 is 16.0 Å². The molecule has 1 aromatic carbocycles. The fourth-order valence-electron chi connectivity index (χ4n) is 4.97. The van der Waals surface area contributed by atoms with Crippen molar-refractivity contribution in [3.05, 3.63) is 53.4 Å². The molecular formula is C23H26F2N6O2. The predicted octanol–water partition coefficient (Wildman–Crippen LogP) is 2.96. The van der Waals surface area contributed by atoms with E-state index in [9.17, 15) is 18.7 Å². The van der Waals surface area contributed by atoms with Gasteiger partial charge in [-0.2, -0.15) is 0 Å². The van der Waals surface area contributed by atoms with Crippen molar-refractivity contribution in [2.24, 2.45) is 0 Å². The van der Waals surface area contributed by atoms with Crippen LogP contribution in [0.4, 0.5) is 20.4 Å². The van der Waals surface area contributed by atoms with Crippen molar-refractivity contribution in [1.82, 2.24) is 19.9 Å². The average Bonchev–Trinajstić information content (AvgIpc) is 3.40. The van der Waals surface area contributed by atoms with Gasteiger partial charge >= 0.3 is 0 Å². The van der Waals surface area contributed by atoms with Crippen LogP contribution in [0.15, 0.2) is 30.6 Å². The van der Waals surface area contributed by atoms with E-state index in [1.807, 2.05) is 4.90 Å². The van der Waals surface area contributed by atoms with Crippen LogP contribution in [0.25, 0.3) is 5.52 Å². The summed E-state index contributed by atoms with van der Waals surface area (Å²) in [5, 5.41) is 16.9. The van der Waals surface area contributed by atoms with Gasteiger partial charge in [0.25, 0.3) is 5.91 Å². The lowest BCUT2D eigenvalue weighted by molar-refractivity contribution is 0.0870. The minimum absolute atomic E-state index is 0.0320. The van der Waals surface area contributed by atoms with Crippen molar-refractivity contribution < 1.29 is 18.7 Å². The molecule has 1 amide bonds. The van der Waals surface area contributed by atoms with Gasteiger partial charge < -0.3 is 21.1 Å². The number of aliphatic hydroxyl groups is 1. The molecule has 1 aliphatic carbocycles. The van der Waals surface area contributed by atoms with Gasteiger partial charge in [-0.3, -0.25) is 4.79 Å². The number of nitrogens with one attached hydrogen (secondary N) is 1. The second-order valence-electron chi connectivity index (χ2n) is 8.83. The Morgan fingerprint density at radius 1 is 1.15 bits per heavy atom. The molecule has 0 spiro atoms. The standard InChI is InChI=1S/C23H26F2N6O2/c24-13-3-8-17(25)16(10-13)18-2-1-9-30(18)20-11-19-21(22(26)29-31(19)12-27-20)23(33)28-14-4-6-15(32)7-5-14/h3,8,10-12,14-15,18,32H,1-2,4-7,9H2,(H2,26,29)(H,28,33). The second-order valence-corrected chi connectivity index (χ2v) is 8.83. The lowest BCUT2D eigenvalue weighted by atomic mass is 9.93. The molecule has 1 aliphatic heterocycles. The monoisotopic (exact) mass is 456 g/mol. The van der Waals surface area contributed by atoms with Crippen molar-refractivity contribution in [2.45, 2.75) is 56.7 Å². The third kappa shape index (κ3) is 4.10. The minimum atomic E-state index is -0.487. The molecule has 2 aromatic heterocycles. The van der Waals surface area contributed by atoms with Crippen molar-refractivity contribution in [3.63, 3.8) is 0 Å². The first kappa shape index (κ1) is 21.6. The Hall–Kier alpha value is -3.27. The molecule has 0 bridgehead atoms. The summed E-state index contributed by atoms with van der Waals surface area (Å²) in [6, 6.07) is 4.81. The number of hydrogen-bond donors (Lipinski definition) is 3. The van der Waals surface area contributed by atoms with E-state index in [1.54, 1.807) is 6.07 Å². The first-order chi connectivity index (χ1) is 15.9. The molecule has 1 saturated heterocycles. The van der Waals surface area contributed by atoms with Crippen LogP contribution in [0.2, 0.25) is 0 Å². The third-order valence-corrected chi connectivity index (χ3v) is 6.66. The highest BCUT2D eigenvalue weighted by atomic mass is 19.1. The van der Waals surface area contributed by atoms with E-state index < -0.39 is 11.6 Å². The summed E-state index contributed by atoms with van der Waals surface area (Å²) in [4.78, 5) is 19.4. The summed E-state index contributed by atoms with van der Waals surface area (Å²) in [5.41, 5.74) is 7.12. The quantitative estimate of drug-likeness (QED) is 0.557. The van der Waals surface area contributed by atoms with Crippen LogP contribution >= 0.6 is 0 Å². The molecular weight excluding hydrogens is 430 g/mol. The Bertz CT molecular complexity index is 1190. The van der Waals surface area contributed by atoms with E-state index >= 15 is 0 Å². The number of anilines is 2. The van der Waals surface area contributed by atoms with Crippen LogP contribution in [0, 0.1) is 11.6 Å². The zero-order chi connectivity index (χ0) is 23.1. The molecule has 3 aromatic rings. The normalized spacial score (nSPS) is 23.2. The Balaban J connectivity index is 1.45. The van der Waals surface area contributed by atoms with Crippen LogP contribution in [0.3, 0.4) is 0 Å². The second kappa shape index (κ2) is 8.58.